The van der Waals surface area contributed by atoms with Crippen molar-refractivity contribution in [2.75, 3.05) is 6.54 Å². The van der Waals surface area contributed by atoms with Gasteiger partial charge in [-0.1, -0.05) is 37.0 Å². The zero-order chi connectivity index (χ0) is 11.5. The molecule has 0 saturated carbocycles. The zero-order valence-corrected chi connectivity index (χ0v) is 9.06. The smallest absolute Gasteiger partial charge is 0.225 e. The number of rotatable bonds is 7. The first-order valence-corrected chi connectivity index (χ1v) is 4.87. The van der Waals surface area contributed by atoms with E-state index in [9.17, 15) is 9.59 Å². The molecule has 0 fully saturated rings. The van der Waals surface area contributed by atoms with Gasteiger partial charge in [-0.25, -0.2) is 0 Å². The van der Waals surface area contributed by atoms with Crippen LogP contribution in [0.5, 0.6) is 0 Å². The van der Waals surface area contributed by atoms with Crippen molar-refractivity contribution in [2.24, 2.45) is 0 Å². The predicted molar refractivity (Wildman–Crippen MR) is 61.2 cm³/mol. The molecule has 3 heteroatoms. The molecule has 2 amide bonds. The quantitative estimate of drug-likeness (QED) is 0.364. The van der Waals surface area contributed by atoms with Gasteiger partial charge in [-0.3, -0.25) is 14.5 Å². The van der Waals surface area contributed by atoms with Crippen LogP contribution in [0.3, 0.4) is 0 Å². The summed E-state index contributed by atoms with van der Waals surface area (Å²) >= 11 is 0. The van der Waals surface area contributed by atoms with Crippen LogP contribution < -0.4 is 0 Å². The van der Waals surface area contributed by atoms with Gasteiger partial charge >= 0.3 is 0 Å². The first-order valence-electron chi connectivity index (χ1n) is 4.87. The normalized spacial score (nSPS) is 10.7. The molecule has 0 N–H and O–H groups in total. The van der Waals surface area contributed by atoms with Gasteiger partial charge in [0.15, 0.2) is 0 Å². The summed E-state index contributed by atoms with van der Waals surface area (Å²) in [4.78, 5) is 22.4. The van der Waals surface area contributed by atoms with Gasteiger partial charge in [0.2, 0.25) is 12.3 Å². The lowest BCUT2D eigenvalue weighted by Gasteiger charge is -2.10. The first-order chi connectivity index (χ1) is 7.22. The van der Waals surface area contributed by atoms with E-state index in [2.05, 4.69) is 6.58 Å². The maximum atomic E-state index is 10.8. The molecule has 0 atom stereocenters. The molecule has 0 rings (SSSR count). The van der Waals surface area contributed by atoms with Crippen LogP contribution in [-0.2, 0) is 9.59 Å². The Bertz CT molecular complexity index is 267. The summed E-state index contributed by atoms with van der Waals surface area (Å²) < 4.78 is 0. The number of amides is 2. The molecule has 0 aliphatic heterocycles. The third kappa shape index (κ3) is 7.43. The average Bonchev–Trinajstić information content (AvgIpc) is 2.21. The molecule has 82 valence electrons. The third-order valence-electron chi connectivity index (χ3n) is 1.78. The Kier molecular flexibility index (Phi) is 7.96. The van der Waals surface area contributed by atoms with Crippen molar-refractivity contribution in [1.82, 2.24) is 4.90 Å². The summed E-state index contributed by atoms with van der Waals surface area (Å²) in [6.07, 6.45) is 11.6. The lowest BCUT2D eigenvalue weighted by Crippen LogP contribution is -2.27. The Morgan fingerprint density at radius 2 is 2.07 bits per heavy atom. The fourth-order valence-corrected chi connectivity index (χ4v) is 0.965. The molecule has 0 aromatic rings. The van der Waals surface area contributed by atoms with Crippen LogP contribution in [0.4, 0.5) is 0 Å². The number of carbonyl (C=O) groups is 2. The maximum absolute atomic E-state index is 10.8. The number of hydrogen-bond donors (Lipinski definition) is 0. The van der Waals surface area contributed by atoms with E-state index in [4.69, 9.17) is 0 Å². The topological polar surface area (TPSA) is 37.4 Å². The van der Waals surface area contributed by atoms with Gasteiger partial charge in [-0.2, -0.15) is 0 Å². The fraction of sp³-hybridized carbons (Fsp3) is 0.333. The Balaban J connectivity index is 3.67. The number of hydrogen-bond acceptors (Lipinski definition) is 2. The second kappa shape index (κ2) is 8.94. The molecule has 0 bridgehead atoms. The number of nitrogens with zero attached hydrogens (tertiary/aromatic N) is 1. The highest BCUT2D eigenvalue weighted by Crippen LogP contribution is 1.93. The lowest BCUT2D eigenvalue weighted by atomic mass is 10.3. The largest absolute Gasteiger partial charge is 0.285 e. The van der Waals surface area contributed by atoms with E-state index in [1.165, 1.54) is 6.92 Å². The predicted octanol–water partition coefficient (Wildman–Crippen LogP) is 2.07. The summed E-state index contributed by atoms with van der Waals surface area (Å²) in [6, 6.07) is 0. The van der Waals surface area contributed by atoms with Crippen molar-refractivity contribution >= 4 is 12.3 Å². The Hall–Kier alpha value is -1.64. The molecular formula is C12H17NO2. The van der Waals surface area contributed by atoms with Crippen molar-refractivity contribution in [3.63, 3.8) is 0 Å². The number of carbonyl (C=O) groups excluding carboxylic acids is 2. The Morgan fingerprint density at radius 1 is 1.33 bits per heavy atom. The van der Waals surface area contributed by atoms with Gasteiger partial charge in [0.25, 0.3) is 0 Å². The Labute approximate surface area is 90.8 Å². The van der Waals surface area contributed by atoms with Gasteiger partial charge in [0, 0.05) is 13.5 Å². The summed E-state index contributed by atoms with van der Waals surface area (Å²) in [5.41, 5.74) is 0. The second-order valence-corrected chi connectivity index (χ2v) is 2.98. The highest BCUT2D eigenvalue weighted by atomic mass is 16.2. The van der Waals surface area contributed by atoms with Gasteiger partial charge < -0.3 is 0 Å². The van der Waals surface area contributed by atoms with Crippen LogP contribution in [-0.4, -0.2) is 23.8 Å². The van der Waals surface area contributed by atoms with Crippen molar-refractivity contribution in [3.05, 3.63) is 37.0 Å². The summed E-state index contributed by atoms with van der Waals surface area (Å²) in [6.45, 7) is 5.38. The molecule has 0 saturated heterocycles. The van der Waals surface area contributed by atoms with Crippen molar-refractivity contribution in [1.29, 1.82) is 0 Å². The van der Waals surface area contributed by atoms with Crippen molar-refractivity contribution < 1.29 is 9.59 Å². The molecule has 15 heavy (non-hydrogen) atoms. The summed E-state index contributed by atoms with van der Waals surface area (Å²) in [5, 5.41) is 0. The third-order valence-corrected chi connectivity index (χ3v) is 1.78. The molecule has 0 aromatic heterocycles. The molecule has 0 aliphatic carbocycles. The van der Waals surface area contributed by atoms with Crippen LogP contribution in [0.15, 0.2) is 37.0 Å². The zero-order valence-electron chi connectivity index (χ0n) is 9.06. The molecular weight excluding hydrogens is 190 g/mol. The second-order valence-electron chi connectivity index (χ2n) is 2.98. The van der Waals surface area contributed by atoms with Crippen LogP contribution in [0.1, 0.15) is 19.8 Å². The summed E-state index contributed by atoms with van der Waals surface area (Å²) in [5.74, 6) is -0.218. The van der Waals surface area contributed by atoms with E-state index in [1.807, 2.05) is 24.3 Å². The minimum Gasteiger partial charge on any atom is -0.285 e. The van der Waals surface area contributed by atoms with Gasteiger partial charge in [-0.15, -0.1) is 0 Å². The minimum atomic E-state index is -0.218. The molecule has 0 aliphatic rings. The number of allylic oxidation sites excluding steroid dienone is 4. The van der Waals surface area contributed by atoms with Crippen molar-refractivity contribution in [3.8, 4) is 0 Å². The first kappa shape index (κ1) is 13.4. The van der Waals surface area contributed by atoms with E-state index < -0.39 is 0 Å². The highest BCUT2D eigenvalue weighted by molar-refractivity contribution is 5.83. The van der Waals surface area contributed by atoms with E-state index in [0.29, 0.717) is 19.4 Å². The minimum absolute atomic E-state index is 0.218. The van der Waals surface area contributed by atoms with E-state index in [0.717, 1.165) is 11.3 Å². The Morgan fingerprint density at radius 3 is 2.60 bits per heavy atom. The lowest BCUT2D eigenvalue weighted by molar-refractivity contribution is -0.136. The van der Waals surface area contributed by atoms with Crippen LogP contribution in [0.25, 0.3) is 0 Å². The molecule has 0 aromatic carbocycles. The van der Waals surface area contributed by atoms with Gasteiger partial charge in [-0.05, 0) is 12.8 Å². The SMILES string of the molecule is C=C/C=C\C/C=C\CCN(C=O)C(C)=O. The monoisotopic (exact) mass is 207 g/mol. The molecule has 0 radical (unpaired) electrons. The van der Waals surface area contributed by atoms with Crippen LogP contribution in [0, 0.1) is 0 Å². The molecule has 0 unspecified atom stereocenters. The van der Waals surface area contributed by atoms with Gasteiger partial charge in [0.1, 0.15) is 0 Å². The van der Waals surface area contributed by atoms with Crippen LogP contribution in [0.2, 0.25) is 0 Å². The molecule has 0 heterocycles. The average molecular weight is 207 g/mol. The maximum Gasteiger partial charge on any atom is 0.225 e. The standard InChI is InChI=1S/C12H17NO2/c1-3-4-5-6-7-8-9-10-13(11-14)12(2)15/h3-5,7-8,11H,1,6,9-10H2,2H3/b5-4-,8-7-. The number of imide groups is 1. The molecule has 0 spiro atoms. The summed E-state index contributed by atoms with van der Waals surface area (Å²) in [7, 11) is 0. The van der Waals surface area contributed by atoms with Crippen molar-refractivity contribution in [2.45, 2.75) is 19.8 Å². The van der Waals surface area contributed by atoms with E-state index in [-0.39, 0.29) is 5.91 Å². The molecule has 3 nitrogen and oxygen atoms in total. The van der Waals surface area contributed by atoms with Crippen LogP contribution >= 0.6 is 0 Å². The van der Waals surface area contributed by atoms with Gasteiger partial charge in [0.05, 0.1) is 0 Å². The fourth-order valence-electron chi connectivity index (χ4n) is 0.965. The highest BCUT2D eigenvalue weighted by Gasteiger charge is 2.03. The van der Waals surface area contributed by atoms with E-state index >= 15 is 0 Å². The van der Waals surface area contributed by atoms with E-state index in [1.54, 1.807) is 6.08 Å².